The number of rotatable bonds is 8. The summed E-state index contributed by atoms with van der Waals surface area (Å²) in [6.45, 7) is 4.51. The lowest BCUT2D eigenvalue weighted by molar-refractivity contribution is -0.385. The number of amides is 1. The minimum atomic E-state index is -3.04. The molecule has 0 N–H and O–H groups in total. The van der Waals surface area contributed by atoms with Crippen molar-refractivity contribution >= 4 is 19.3 Å². The second kappa shape index (κ2) is 9.27. The van der Waals surface area contributed by atoms with Crippen LogP contribution in [0.5, 0.6) is 11.5 Å². The van der Waals surface area contributed by atoms with Gasteiger partial charge in [-0.2, -0.15) is 0 Å². The molecule has 4 aliphatic rings. The molecule has 2 aromatic rings. The highest BCUT2D eigenvalue weighted by molar-refractivity contribution is 7.54. The average molecular weight is 513 g/mol. The van der Waals surface area contributed by atoms with E-state index in [0.717, 1.165) is 64.1 Å². The fourth-order valence-corrected chi connectivity index (χ4v) is 7.52. The van der Waals surface area contributed by atoms with Crippen LogP contribution < -0.4 is 4.74 Å². The van der Waals surface area contributed by atoms with Crippen LogP contribution in [-0.2, 0) is 15.5 Å². The third kappa shape index (κ3) is 4.43. The Morgan fingerprint density at radius 1 is 1.00 bits per heavy atom. The van der Waals surface area contributed by atoms with Gasteiger partial charge in [0.1, 0.15) is 5.75 Å². The lowest BCUT2D eigenvalue weighted by Crippen LogP contribution is -2.35. The van der Waals surface area contributed by atoms with Crippen molar-refractivity contribution in [3.05, 3.63) is 63.2 Å². The first kappa shape index (κ1) is 23.6. The Balaban J connectivity index is 1.28. The summed E-state index contributed by atoms with van der Waals surface area (Å²) in [4.78, 5) is 26.2. The number of nitro groups is 1. The smallest absolute Gasteiger partial charge is 0.346 e. The maximum absolute atomic E-state index is 13.5. The van der Waals surface area contributed by atoms with Gasteiger partial charge in [-0.1, -0.05) is 6.07 Å². The number of fused-ring (bicyclic) bond motifs is 1. The molecule has 190 valence electrons. The van der Waals surface area contributed by atoms with Crippen molar-refractivity contribution < 1.29 is 23.5 Å². The first-order chi connectivity index (χ1) is 17.4. The minimum absolute atomic E-state index is 0.0534. The molecule has 6 rings (SSSR count). The van der Waals surface area contributed by atoms with Crippen molar-refractivity contribution in [1.82, 2.24) is 14.2 Å². The van der Waals surface area contributed by atoms with Gasteiger partial charge in [0.2, 0.25) is 5.75 Å². The summed E-state index contributed by atoms with van der Waals surface area (Å²) in [5.41, 5.74) is 1.84. The van der Waals surface area contributed by atoms with Gasteiger partial charge in [-0.15, -0.1) is 0 Å². The van der Waals surface area contributed by atoms with E-state index in [-0.39, 0.29) is 17.3 Å². The Bertz CT molecular complexity index is 1240. The second-order valence-electron chi connectivity index (χ2n) is 9.75. The number of hydrogen-bond donors (Lipinski definition) is 0. The lowest BCUT2D eigenvalue weighted by atomic mass is 10.1. The van der Waals surface area contributed by atoms with E-state index in [4.69, 9.17) is 9.26 Å². The molecule has 1 amide bonds. The van der Waals surface area contributed by atoms with Crippen LogP contribution in [0.1, 0.15) is 53.3 Å². The number of piperidine rings is 1. The summed E-state index contributed by atoms with van der Waals surface area (Å²) < 4.78 is 29.6. The summed E-state index contributed by atoms with van der Waals surface area (Å²) in [6.07, 6.45) is 3.80. The van der Waals surface area contributed by atoms with Crippen molar-refractivity contribution in [2.45, 2.75) is 38.2 Å². The Kier molecular flexibility index (Phi) is 6.08. The first-order valence-corrected chi connectivity index (χ1v) is 14.1. The summed E-state index contributed by atoms with van der Waals surface area (Å²) in [7, 11) is -3.04. The molecule has 3 aliphatic heterocycles. The molecule has 0 unspecified atom stereocenters. The van der Waals surface area contributed by atoms with Gasteiger partial charge < -0.3 is 9.64 Å². The highest BCUT2D eigenvalue weighted by Crippen LogP contribution is 2.64. The number of ether oxygens (including phenoxy) is 1. The van der Waals surface area contributed by atoms with Crippen molar-refractivity contribution in [2.75, 3.05) is 39.3 Å². The van der Waals surface area contributed by atoms with Gasteiger partial charge in [0.25, 0.3) is 5.91 Å². The largest absolute Gasteiger partial charge is 0.450 e. The van der Waals surface area contributed by atoms with E-state index >= 15 is 0 Å². The predicted molar refractivity (Wildman–Crippen MR) is 132 cm³/mol. The minimum Gasteiger partial charge on any atom is -0.450 e. The maximum atomic E-state index is 13.5. The van der Waals surface area contributed by atoms with Crippen LogP contribution in [0.2, 0.25) is 0 Å². The van der Waals surface area contributed by atoms with Crippen LogP contribution in [0.4, 0.5) is 5.69 Å². The third-order valence-electron chi connectivity index (χ3n) is 7.25. The summed E-state index contributed by atoms with van der Waals surface area (Å²) in [6, 6.07) is 9.96. The van der Waals surface area contributed by atoms with Crippen LogP contribution in [0.25, 0.3) is 0 Å². The fourth-order valence-electron chi connectivity index (χ4n) is 5.15. The molecule has 0 spiro atoms. The fraction of sp³-hybridized carbons (Fsp3) is 0.480. The molecule has 3 saturated heterocycles. The highest BCUT2D eigenvalue weighted by Gasteiger charge is 2.51. The number of nitrogens with zero attached hydrogens (tertiary/aromatic N) is 4. The van der Waals surface area contributed by atoms with E-state index in [0.29, 0.717) is 29.7 Å². The van der Waals surface area contributed by atoms with E-state index in [9.17, 15) is 19.5 Å². The van der Waals surface area contributed by atoms with Gasteiger partial charge in [-0.25, -0.2) is 9.34 Å². The second-order valence-corrected chi connectivity index (χ2v) is 12.1. The molecule has 1 aliphatic carbocycles. The number of carbonyl (C=O) groups excluding carboxylic acids is 1. The van der Waals surface area contributed by atoms with Crippen molar-refractivity contribution in [2.24, 2.45) is 0 Å². The molecule has 11 heteroatoms. The molecule has 0 bridgehead atoms. The molecular formula is C25H29N4O6P. The molecule has 0 saturated carbocycles. The van der Waals surface area contributed by atoms with Crippen LogP contribution in [0.3, 0.4) is 0 Å². The Hall–Kier alpha value is -2.78. The normalized spacial score (nSPS) is 21.8. The number of carbonyl (C=O) groups is 1. The molecule has 1 atom stereocenters. The predicted octanol–water partition coefficient (Wildman–Crippen LogP) is 4.76. The van der Waals surface area contributed by atoms with Crippen LogP contribution >= 0.6 is 7.67 Å². The number of nitro benzene ring substituents is 1. The average Bonchev–Trinajstić information content (AvgIpc) is 3.81. The van der Waals surface area contributed by atoms with E-state index in [1.165, 1.54) is 6.07 Å². The van der Waals surface area contributed by atoms with Gasteiger partial charge in [-0.3, -0.25) is 24.0 Å². The zero-order valence-corrected chi connectivity index (χ0v) is 20.9. The van der Waals surface area contributed by atoms with Gasteiger partial charge in [-0.05, 0) is 61.9 Å². The quantitative estimate of drug-likeness (QED) is 0.216. The molecule has 36 heavy (non-hydrogen) atoms. The molecule has 3 heterocycles. The van der Waals surface area contributed by atoms with Crippen molar-refractivity contribution in [3.63, 3.8) is 0 Å². The molecular weight excluding hydrogens is 483 g/mol. The summed E-state index contributed by atoms with van der Waals surface area (Å²) in [5, 5.41) is 11.9. The molecule has 0 radical (unpaired) electrons. The SMILES string of the molecule is O=C(c1cccc(Oc2c([N+](=O)[O-])ccc3c2CC[C@H]3OP(=O)(N2CC2)N2CC2)c1)N1CCCCC1. The van der Waals surface area contributed by atoms with Gasteiger partial charge >= 0.3 is 13.4 Å². The third-order valence-corrected chi connectivity index (χ3v) is 10.0. The van der Waals surface area contributed by atoms with Gasteiger partial charge in [0, 0.05) is 56.5 Å². The Morgan fingerprint density at radius 3 is 2.39 bits per heavy atom. The van der Waals surface area contributed by atoms with E-state index in [1.54, 1.807) is 30.3 Å². The topological polar surface area (TPSA) is 105 Å². The number of likely N-dealkylation sites (tertiary alicyclic amines) is 1. The van der Waals surface area contributed by atoms with E-state index in [1.807, 2.05) is 14.2 Å². The van der Waals surface area contributed by atoms with Crippen LogP contribution in [-0.4, -0.2) is 64.3 Å². The van der Waals surface area contributed by atoms with Crippen LogP contribution in [0.15, 0.2) is 36.4 Å². The molecule has 3 fully saturated rings. The molecule has 2 aromatic carbocycles. The molecule has 10 nitrogen and oxygen atoms in total. The van der Waals surface area contributed by atoms with Crippen molar-refractivity contribution in [1.29, 1.82) is 0 Å². The molecule has 0 aromatic heterocycles. The Labute approximate surface area is 209 Å². The highest BCUT2D eigenvalue weighted by atomic mass is 31.2. The van der Waals surface area contributed by atoms with E-state index < -0.39 is 18.7 Å². The Morgan fingerprint density at radius 2 is 1.72 bits per heavy atom. The van der Waals surface area contributed by atoms with E-state index in [2.05, 4.69) is 0 Å². The lowest BCUT2D eigenvalue weighted by Gasteiger charge is -2.26. The summed E-state index contributed by atoms with van der Waals surface area (Å²) >= 11 is 0. The number of benzene rings is 2. The van der Waals surface area contributed by atoms with Gasteiger partial charge in [0.05, 0.1) is 11.0 Å². The standard InChI is InChI=1S/C25H29N4O6P/c30-25(26-11-2-1-3-12-26)18-5-4-6-19(17-18)34-24-21-8-10-23(20(21)7-9-22(24)29(31)32)35-36(33,27-13-14-27)28-15-16-28/h4-7,9,17,23H,1-3,8,10-16H2/t23-/m1/s1. The first-order valence-electron chi connectivity index (χ1n) is 12.6. The number of hydrogen-bond acceptors (Lipinski definition) is 6. The zero-order valence-electron chi connectivity index (χ0n) is 20.0. The van der Waals surface area contributed by atoms with Crippen molar-refractivity contribution in [3.8, 4) is 11.5 Å². The summed E-state index contributed by atoms with van der Waals surface area (Å²) in [5.74, 6) is 0.486. The van der Waals surface area contributed by atoms with Crippen LogP contribution in [0, 0.1) is 10.1 Å². The monoisotopic (exact) mass is 512 g/mol. The van der Waals surface area contributed by atoms with Gasteiger partial charge in [0.15, 0.2) is 0 Å². The maximum Gasteiger partial charge on any atom is 0.346 e. The zero-order chi connectivity index (χ0) is 24.9.